The quantitative estimate of drug-likeness (QED) is 0.550. The summed E-state index contributed by atoms with van der Waals surface area (Å²) >= 11 is 0. The number of halogens is 3. The molecule has 2 aliphatic rings. The van der Waals surface area contributed by atoms with Crippen molar-refractivity contribution in [3.63, 3.8) is 0 Å². The molecule has 0 bridgehead atoms. The first-order chi connectivity index (χ1) is 16.4. The van der Waals surface area contributed by atoms with Crippen LogP contribution in [-0.4, -0.2) is 23.1 Å². The second-order valence-corrected chi connectivity index (χ2v) is 8.99. The molecule has 180 valence electrons. The number of aromatic nitrogens is 1. The Morgan fingerprint density at radius 2 is 1.86 bits per heavy atom. The van der Waals surface area contributed by atoms with E-state index < -0.39 is 23.4 Å². The number of aryl methyl sites for hydroxylation is 1. The maximum absolute atomic E-state index is 14.6. The van der Waals surface area contributed by atoms with Gasteiger partial charge < -0.3 is 20.1 Å². The van der Waals surface area contributed by atoms with Gasteiger partial charge in [0.25, 0.3) is 0 Å². The first-order valence-corrected chi connectivity index (χ1v) is 10.7. The molecule has 2 aromatic carbocycles. The fourth-order valence-corrected chi connectivity index (χ4v) is 4.07. The van der Waals surface area contributed by atoms with Crippen molar-refractivity contribution >= 4 is 23.3 Å². The van der Waals surface area contributed by atoms with Crippen molar-refractivity contribution < 1.29 is 32.2 Å². The van der Waals surface area contributed by atoms with Gasteiger partial charge in [-0.2, -0.15) is 0 Å². The maximum Gasteiger partial charge on any atom is 0.586 e. The summed E-state index contributed by atoms with van der Waals surface area (Å²) < 4.78 is 50.2. The number of nitrogens with zero attached hydrogens (tertiary/aromatic N) is 1. The minimum atomic E-state index is -3.75. The monoisotopic (exact) mass is 483 g/mol. The van der Waals surface area contributed by atoms with Gasteiger partial charge >= 0.3 is 6.29 Å². The first-order valence-electron chi connectivity index (χ1n) is 10.7. The number of hydrogen-bond donors (Lipinski definition) is 2. The van der Waals surface area contributed by atoms with Gasteiger partial charge in [0.1, 0.15) is 11.6 Å². The summed E-state index contributed by atoms with van der Waals surface area (Å²) in [5, 5.41) is 5.24. The van der Waals surface area contributed by atoms with E-state index in [0.29, 0.717) is 22.4 Å². The van der Waals surface area contributed by atoms with Crippen LogP contribution < -0.4 is 20.1 Å². The zero-order valence-electron chi connectivity index (χ0n) is 19.0. The number of pyridine rings is 1. The van der Waals surface area contributed by atoms with Crippen LogP contribution in [0.3, 0.4) is 0 Å². The molecule has 10 heteroatoms. The lowest BCUT2D eigenvalue weighted by atomic mass is 9.83. The summed E-state index contributed by atoms with van der Waals surface area (Å²) in [7, 11) is 0. The molecular formula is C25H20F3N3O4. The Morgan fingerprint density at radius 1 is 1.11 bits per heavy atom. The van der Waals surface area contributed by atoms with Gasteiger partial charge in [0.05, 0.1) is 23.2 Å². The lowest BCUT2D eigenvalue weighted by molar-refractivity contribution is -0.286. The molecule has 0 fully saturated rings. The molecule has 2 amide bonds. The SMILES string of the molecule is Cc1ccc(NC(=O)C(C)(C)c2ccc3c(c2)OC(F)(F)O3)nc1-c1cc(F)c2c(c1)CC(=O)N2. The van der Waals surface area contributed by atoms with Gasteiger partial charge in [0.15, 0.2) is 11.5 Å². The summed E-state index contributed by atoms with van der Waals surface area (Å²) in [5.41, 5.74) is 1.67. The van der Waals surface area contributed by atoms with E-state index >= 15 is 0 Å². The summed E-state index contributed by atoms with van der Waals surface area (Å²) in [6, 6.07) is 10.5. The number of alkyl halides is 2. The number of fused-ring (bicyclic) bond motifs is 2. The van der Waals surface area contributed by atoms with Crippen molar-refractivity contribution in [3.05, 3.63) is 65.0 Å². The average Bonchev–Trinajstić information content (AvgIpc) is 3.31. The molecule has 0 spiro atoms. The van der Waals surface area contributed by atoms with Crippen LogP contribution in [0.15, 0.2) is 42.5 Å². The molecule has 2 aliphatic heterocycles. The summed E-state index contributed by atoms with van der Waals surface area (Å²) in [5.74, 6) is -1.33. The topological polar surface area (TPSA) is 89.6 Å². The molecule has 0 unspecified atom stereocenters. The Morgan fingerprint density at radius 3 is 2.63 bits per heavy atom. The molecular weight excluding hydrogens is 463 g/mol. The second kappa shape index (κ2) is 7.72. The van der Waals surface area contributed by atoms with Crippen molar-refractivity contribution in [3.8, 4) is 22.8 Å². The van der Waals surface area contributed by atoms with Gasteiger partial charge in [-0.3, -0.25) is 9.59 Å². The zero-order valence-corrected chi connectivity index (χ0v) is 19.0. The molecule has 7 nitrogen and oxygen atoms in total. The van der Waals surface area contributed by atoms with Gasteiger partial charge in [0.2, 0.25) is 11.8 Å². The first kappa shape index (κ1) is 22.7. The Hall–Kier alpha value is -4.08. The maximum atomic E-state index is 14.6. The minimum Gasteiger partial charge on any atom is -0.395 e. The smallest absolute Gasteiger partial charge is 0.395 e. The van der Waals surface area contributed by atoms with Crippen molar-refractivity contribution in [2.75, 3.05) is 10.6 Å². The van der Waals surface area contributed by atoms with Gasteiger partial charge in [-0.25, -0.2) is 9.37 Å². The molecule has 3 heterocycles. The van der Waals surface area contributed by atoms with E-state index in [-0.39, 0.29) is 35.3 Å². The lowest BCUT2D eigenvalue weighted by Crippen LogP contribution is -2.35. The third-order valence-electron chi connectivity index (χ3n) is 6.09. The second-order valence-electron chi connectivity index (χ2n) is 8.99. The summed E-state index contributed by atoms with van der Waals surface area (Å²) in [6.45, 7) is 5.06. The van der Waals surface area contributed by atoms with E-state index in [4.69, 9.17) is 0 Å². The number of amides is 2. The highest BCUT2D eigenvalue weighted by Crippen LogP contribution is 2.43. The number of benzene rings is 2. The van der Waals surface area contributed by atoms with E-state index in [0.717, 1.165) is 5.56 Å². The molecule has 0 radical (unpaired) electrons. The van der Waals surface area contributed by atoms with Crippen molar-refractivity contribution in [2.45, 2.75) is 38.9 Å². The number of ether oxygens (including phenoxy) is 2. The Kier molecular flexibility index (Phi) is 5.01. The fourth-order valence-electron chi connectivity index (χ4n) is 4.07. The number of anilines is 2. The predicted molar refractivity (Wildman–Crippen MR) is 121 cm³/mol. The van der Waals surface area contributed by atoms with Crippen LogP contribution in [0, 0.1) is 12.7 Å². The van der Waals surface area contributed by atoms with Crippen molar-refractivity contribution in [1.29, 1.82) is 0 Å². The molecule has 0 saturated heterocycles. The van der Waals surface area contributed by atoms with Crippen LogP contribution in [-0.2, 0) is 21.4 Å². The molecule has 2 N–H and O–H groups in total. The molecule has 0 aliphatic carbocycles. The van der Waals surface area contributed by atoms with Gasteiger partial charge in [-0.05, 0) is 67.8 Å². The van der Waals surface area contributed by atoms with Gasteiger partial charge in [-0.1, -0.05) is 12.1 Å². The highest BCUT2D eigenvalue weighted by atomic mass is 19.3. The number of nitrogens with one attached hydrogen (secondary N) is 2. The summed E-state index contributed by atoms with van der Waals surface area (Å²) in [4.78, 5) is 29.3. The summed E-state index contributed by atoms with van der Waals surface area (Å²) in [6.07, 6.45) is -3.68. The molecule has 35 heavy (non-hydrogen) atoms. The van der Waals surface area contributed by atoms with Crippen LogP contribution in [0.1, 0.15) is 30.5 Å². The minimum absolute atomic E-state index is 0.0746. The van der Waals surface area contributed by atoms with E-state index in [1.807, 2.05) is 0 Å². The van der Waals surface area contributed by atoms with E-state index in [2.05, 4.69) is 25.1 Å². The van der Waals surface area contributed by atoms with E-state index in [1.165, 1.54) is 24.3 Å². The lowest BCUT2D eigenvalue weighted by Gasteiger charge is -2.24. The third-order valence-corrected chi connectivity index (χ3v) is 6.09. The molecule has 5 rings (SSSR count). The third kappa shape index (κ3) is 4.05. The molecule has 0 atom stereocenters. The highest BCUT2D eigenvalue weighted by Gasteiger charge is 2.44. The van der Waals surface area contributed by atoms with Crippen LogP contribution in [0.2, 0.25) is 0 Å². The highest BCUT2D eigenvalue weighted by molar-refractivity contribution is 6.00. The van der Waals surface area contributed by atoms with Crippen LogP contribution in [0.5, 0.6) is 11.5 Å². The fraction of sp³-hybridized carbons (Fsp3) is 0.240. The number of hydrogen-bond acceptors (Lipinski definition) is 5. The zero-order chi connectivity index (χ0) is 25.1. The molecule has 3 aromatic rings. The van der Waals surface area contributed by atoms with E-state index in [9.17, 15) is 22.8 Å². The predicted octanol–water partition coefficient (Wildman–Crippen LogP) is 4.93. The number of carbonyl (C=O) groups is 2. The average molecular weight is 483 g/mol. The van der Waals surface area contributed by atoms with Crippen LogP contribution >= 0.6 is 0 Å². The van der Waals surface area contributed by atoms with Gasteiger partial charge in [-0.15, -0.1) is 8.78 Å². The van der Waals surface area contributed by atoms with Crippen LogP contribution in [0.4, 0.5) is 24.7 Å². The van der Waals surface area contributed by atoms with Crippen LogP contribution in [0.25, 0.3) is 11.3 Å². The Labute approximate surface area is 198 Å². The number of carbonyl (C=O) groups excluding carboxylic acids is 2. The molecule has 0 saturated carbocycles. The Balaban J connectivity index is 1.41. The normalized spacial score (nSPS) is 15.5. The molecule has 1 aromatic heterocycles. The van der Waals surface area contributed by atoms with E-state index in [1.54, 1.807) is 39.0 Å². The standard InChI is InChI=1S/C25H20F3N3O4/c1-12-4-7-19(29-21(12)13-8-14-10-20(32)31-22(14)16(26)9-13)30-23(33)24(2,3)15-5-6-17-18(11-15)35-25(27,28)34-17/h4-9,11H,10H2,1-3H3,(H,31,32)(H,29,30,33). The van der Waals surface area contributed by atoms with Crippen molar-refractivity contribution in [2.24, 2.45) is 0 Å². The number of rotatable bonds is 4. The largest absolute Gasteiger partial charge is 0.586 e. The van der Waals surface area contributed by atoms with Gasteiger partial charge in [0, 0.05) is 5.56 Å². The van der Waals surface area contributed by atoms with Crippen molar-refractivity contribution in [1.82, 2.24) is 4.98 Å². The Bertz CT molecular complexity index is 1400.